The first-order valence-electron chi connectivity index (χ1n) is 7.81. The Morgan fingerprint density at radius 1 is 1.20 bits per heavy atom. The highest BCUT2D eigenvalue weighted by Gasteiger charge is 2.15. The molecule has 0 saturated heterocycles. The standard InChI is InChI=1S/C17H27NO2/c1-4-13(2)11-14(3)18-12-15-7-5-8-16-17(15)20-10-6-9-19-16/h5,7-8,13-14,18H,4,6,9-12H2,1-3H3. The van der Waals surface area contributed by atoms with Crippen LogP contribution in [0.4, 0.5) is 0 Å². The van der Waals surface area contributed by atoms with Crippen LogP contribution in [-0.2, 0) is 6.54 Å². The lowest BCUT2D eigenvalue weighted by atomic mass is 10.0. The van der Waals surface area contributed by atoms with E-state index in [0.29, 0.717) is 6.04 Å². The average molecular weight is 277 g/mol. The molecule has 0 amide bonds. The van der Waals surface area contributed by atoms with Crippen LogP contribution in [0.25, 0.3) is 0 Å². The van der Waals surface area contributed by atoms with Gasteiger partial charge >= 0.3 is 0 Å². The summed E-state index contributed by atoms with van der Waals surface area (Å²) in [4.78, 5) is 0. The Hall–Kier alpha value is -1.22. The maximum Gasteiger partial charge on any atom is 0.165 e. The van der Waals surface area contributed by atoms with E-state index in [1.807, 2.05) is 12.1 Å². The van der Waals surface area contributed by atoms with E-state index in [1.54, 1.807) is 0 Å². The van der Waals surface area contributed by atoms with E-state index >= 15 is 0 Å². The summed E-state index contributed by atoms with van der Waals surface area (Å²) in [6, 6.07) is 6.68. The van der Waals surface area contributed by atoms with Gasteiger partial charge in [0, 0.05) is 24.6 Å². The minimum absolute atomic E-state index is 0.521. The predicted octanol–water partition coefficient (Wildman–Crippen LogP) is 3.76. The SMILES string of the molecule is CCC(C)CC(C)NCc1cccc2c1OCCCO2. The third kappa shape index (κ3) is 4.14. The van der Waals surface area contributed by atoms with Crippen molar-refractivity contribution in [1.82, 2.24) is 5.32 Å². The quantitative estimate of drug-likeness (QED) is 0.858. The Morgan fingerprint density at radius 2 is 2.00 bits per heavy atom. The average Bonchev–Trinajstić information content (AvgIpc) is 2.70. The monoisotopic (exact) mass is 277 g/mol. The van der Waals surface area contributed by atoms with E-state index < -0.39 is 0 Å². The summed E-state index contributed by atoms with van der Waals surface area (Å²) in [5, 5.41) is 3.60. The zero-order valence-corrected chi connectivity index (χ0v) is 12.9. The highest BCUT2D eigenvalue weighted by molar-refractivity contribution is 5.47. The van der Waals surface area contributed by atoms with Crippen LogP contribution in [0.5, 0.6) is 11.5 Å². The molecule has 20 heavy (non-hydrogen) atoms. The molecule has 1 aliphatic heterocycles. The molecule has 1 aromatic carbocycles. The molecule has 1 N–H and O–H groups in total. The van der Waals surface area contributed by atoms with E-state index in [9.17, 15) is 0 Å². The van der Waals surface area contributed by atoms with Gasteiger partial charge in [-0.05, 0) is 25.3 Å². The Kier molecular flexibility index (Phi) is 5.72. The van der Waals surface area contributed by atoms with Crippen molar-refractivity contribution in [2.75, 3.05) is 13.2 Å². The fourth-order valence-corrected chi connectivity index (χ4v) is 2.53. The van der Waals surface area contributed by atoms with Crippen LogP contribution >= 0.6 is 0 Å². The van der Waals surface area contributed by atoms with Crippen LogP contribution in [0.3, 0.4) is 0 Å². The third-order valence-corrected chi connectivity index (χ3v) is 3.95. The predicted molar refractivity (Wildman–Crippen MR) is 82.4 cm³/mol. The molecule has 0 aromatic heterocycles. The molecule has 3 nitrogen and oxygen atoms in total. The number of hydrogen-bond donors (Lipinski definition) is 1. The zero-order chi connectivity index (χ0) is 14.4. The zero-order valence-electron chi connectivity index (χ0n) is 12.9. The number of fused-ring (bicyclic) bond motifs is 1. The van der Waals surface area contributed by atoms with E-state index in [4.69, 9.17) is 9.47 Å². The number of nitrogens with one attached hydrogen (secondary N) is 1. The topological polar surface area (TPSA) is 30.5 Å². The Morgan fingerprint density at radius 3 is 2.80 bits per heavy atom. The van der Waals surface area contributed by atoms with E-state index in [-0.39, 0.29) is 0 Å². The first kappa shape index (κ1) is 15.2. The number of ether oxygens (including phenoxy) is 2. The van der Waals surface area contributed by atoms with Crippen LogP contribution in [0.1, 0.15) is 45.6 Å². The van der Waals surface area contributed by atoms with Gasteiger partial charge in [0.05, 0.1) is 13.2 Å². The highest BCUT2D eigenvalue weighted by atomic mass is 16.5. The molecule has 1 aromatic rings. The first-order valence-corrected chi connectivity index (χ1v) is 7.81. The van der Waals surface area contributed by atoms with Crippen LogP contribution < -0.4 is 14.8 Å². The molecule has 112 valence electrons. The second kappa shape index (κ2) is 7.53. The van der Waals surface area contributed by atoms with Crippen molar-refractivity contribution >= 4 is 0 Å². The Balaban J connectivity index is 1.96. The molecule has 1 heterocycles. The van der Waals surface area contributed by atoms with E-state index in [0.717, 1.165) is 43.6 Å². The van der Waals surface area contributed by atoms with Crippen molar-refractivity contribution in [3.63, 3.8) is 0 Å². The Labute approximate surface area is 122 Å². The summed E-state index contributed by atoms with van der Waals surface area (Å²) >= 11 is 0. The normalized spacial score (nSPS) is 17.4. The number of benzene rings is 1. The molecular weight excluding hydrogens is 250 g/mol. The molecule has 2 unspecified atom stereocenters. The van der Waals surface area contributed by atoms with E-state index in [2.05, 4.69) is 32.2 Å². The fraction of sp³-hybridized carbons (Fsp3) is 0.647. The lowest BCUT2D eigenvalue weighted by Gasteiger charge is -2.19. The van der Waals surface area contributed by atoms with Crippen molar-refractivity contribution in [2.45, 2.75) is 52.6 Å². The van der Waals surface area contributed by atoms with Crippen molar-refractivity contribution in [2.24, 2.45) is 5.92 Å². The van der Waals surface area contributed by atoms with Crippen LogP contribution in [-0.4, -0.2) is 19.3 Å². The molecule has 2 rings (SSSR count). The lowest BCUT2D eigenvalue weighted by molar-refractivity contribution is 0.295. The largest absolute Gasteiger partial charge is 0.490 e. The summed E-state index contributed by atoms with van der Waals surface area (Å²) in [6.45, 7) is 9.14. The highest BCUT2D eigenvalue weighted by Crippen LogP contribution is 2.33. The summed E-state index contributed by atoms with van der Waals surface area (Å²) in [5.41, 5.74) is 1.19. The van der Waals surface area contributed by atoms with Gasteiger partial charge in [-0.2, -0.15) is 0 Å². The van der Waals surface area contributed by atoms with Gasteiger partial charge in [0.25, 0.3) is 0 Å². The summed E-state index contributed by atoms with van der Waals surface area (Å²) < 4.78 is 11.6. The number of rotatable bonds is 6. The van der Waals surface area contributed by atoms with Crippen molar-refractivity contribution in [3.05, 3.63) is 23.8 Å². The molecule has 2 atom stereocenters. The molecule has 0 bridgehead atoms. The lowest BCUT2D eigenvalue weighted by Crippen LogP contribution is -2.27. The molecule has 1 aliphatic rings. The van der Waals surface area contributed by atoms with Gasteiger partial charge in [0.2, 0.25) is 0 Å². The van der Waals surface area contributed by atoms with E-state index in [1.165, 1.54) is 18.4 Å². The van der Waals surface area contributed by atoms with Crippen LogP contribution in [0.15, 0.2) is 18.2 Å². The van der Waals surface area contributed by atoms with Gasteiger partial charge in [-0.15, -0.1) is 0 Å². The van der Waals surface area contributed by atoms with Gasteiger partial charge < -0.3 is 14.8 Å². The summed E-state index contributed by atoms with van der Waals surface area (Å²) in [5.74, 6) is 2.58. The summed E-state index contributed by atoms with van der Waals surface area (Å²) in [7, 11) is 0. The minimum atomic E-state index is 0.521. The summed E-state index contributed by atoms with van der Waals surface area (Å²) in [6.07, 6.45) is 3.40. The van der Waals surface area contributed by atoms with Gasteiger partial charge in [0.1, 0.15) is 0 Å². The molecule has 0 fully saturated rings. The van der Waals surface area contributed by atoms with Gasteiger partial charge in [0.15, 0.2) is 11.5 Å². The molecule has 0 spiro atoms. The number of hydrogen-bond acceptors (Lipinski definition) is 3. The van der Waals surface area contributed by atoms with Crippen LogP contribution in [0, 0.1) is 5.92 Å². The van der Waals surface area contributed by atoms with Crippen molar-refractivity contribution in [3.8, 4) is 11.5 Å². The second-order valence-electron chi connectivity index (χ2n) is 5.83. The minimum Gasteiger partial charge on any atom is -0.490 e. The van der Waals surface area contributed by atoms with Gasteiger partial charge in [-0.3, -0.25) is 0 Å². The molecule has 3 heteroatoms. The first-order chi connectivity index (χ1) is 9.70. The molecule has 0 aliphatic carbocycles. The molecular formula is C17H27NO2. The van der Waals surface area contributed by atoms with Gasteiger partial charge in [-0.1, -0.05) is 32.4 Å². The third-order valence-electron chi connectivity index (χ3n) is 3.95. The van der Waals surface area contributed by atoms with Crippen molar-refractivity contribution < 1.29 is 9.47 Å². The smallest absolute Gasteiger partial charge is 0.165 e. The maximum atomic E-state index is 5.85. The van der Waals surface area contributed by atoms with Crippen LogP contribution in [0.2, 0.25) is 0 Å². The molecule has 0 radical (unpaired) electrons. The number of para-hydroxylation sites is 1. The molecule has 0 saturated carbocycles. The van der Waals surface area contributed by atoms with Crippen molar-refractivity contribution in [1.29, 1.82) is 0 Å². The second-order valence-corrected chi connectivity index (χ2v) is 5.83. The maximum absolute atomic E-state index is 5.85. The Bertz CT molecular complexity index is 419. The fourth-order valence-electron chi connectivity index (χ4n) is 2.53. The van der Waals surface area contributed by atoms with Gasteiger partial charge in [-0.25, -0.2) is 0 Å².